The van der Waals surface area contributed by atoms with Gasteiger partial charge >= 0.3 is 5.97 Å². The van der Waals surface area contributed by atoms with Crippen LogP contribution in [0.3, 0.4) is 0 Å². The van der Waals surface area contributed by atoms with Crippen LogP contribution in [0.4, 0.5) is 0 Å². The Morgan fingerprint density at radius 3 is 2.67 bits per heavy atom. The summed E-state index contributed by atoms with van der Waals surface area (Å²) in [6.07, 6.45) is 0. The molecule has 1 unspecified atom stereocenters. The van der Waals surface area contributed by atoms with E-state index in [9.17, 15) is 4.79 Å². The number of carbonyl (C=O) groups is 1. The number of carboxylic acid groups (broad SMARTS) is 1. The fourth-order valence-electron chi connectivity index (χ4n) is 1.16. The van der Waals surface area contributed by atoms with E-state index in [0.29, 0.717) is 12.3 Å². The molecule has 0 saturated carbocycles. The number of likely N-dealkylation sites (N-methyl/N-ethyl adjacent to an activating group) is 1. The molecule has 0 fully saturated rings. The molecule has 0 amide bonds. The zero-order valence-corrected chi connectivity index (χ0v) is 9.46. The molecular formula is C11H15NO2S. The highest BCUT2D eigenvalue weighted by Crippen LogP contribution is 2.17. The summed E-state index contributed by atoms with van der Waals surface area (Å²) in [5, 5.41) is 11.8. The minimum absolute atomic E-state index is 0.472. The van der Waals surface area contributed by atoms with Gasteiger partial charge in [0.1, 0.15) is 6.04 Å². The van der Waals surface area contributed by atoms with Crippen LogP contribution in [0.1, 0.15) is 6.92 Å². The second-order valence-electron chi connectivity index (χ2n) is 3.07. The zero-order valence-electron chi connectivity index (χ0n) is 8.64. The molecule has 3 nitrogen and oxygen atoms in total. The van der Waals surface area contributed by atoms with Crippen LogP contribution >= 0.6 is 11.8 Å². The fraction of sp³-hybridized carbons (Fsp3) is 0.364. The van der Waals surface area contributed by atoms with E-state index in [1.54, 1.807) is 11.8 Å². The van der Waals surface area contributed by atoms with Crippen LogP contribution in [-0.2, 0) is 4.79 Å². The lowest BCUT2D eigenvalue weighted by atomic mass is 10.3. The van der Waals surface area contributed by atoms with Crippen molar-refractivity contribution in [3.05, 3.63) is 30.3 Å². The van der Waals surface area contributed by atoms with E-state index in [2.05, 4.69) is 5.32 Å². The van der Waals surface area contributed by atoms with E-state index in [1.807, 2.05) is 37.3 Å². The normalized spacial score (nSPS) is 12.3. The Hall–Kier alpha value is -1.00. The van der Waals surface area contributed by atoms with E-state index in [-0.39, 0.29) is 0 Å². The Balaban J connectivity index is 2.43. The molecule has 0 bridgehead atoms. The van der Waals surface area contributed by atoms with Gasteiger partial charge in [-0.3, -0.25) is 4.79 Å². The van der Waals surface area contributed by atoms with Crippen molar-refractivity contribution >= 4 is 17.7 Å². The van der Waals surface area contributed by atoms with Crippen LogP contribution < -0.4 is 5.32 Å². The van der Waals surface area contributed by atoms with Gasteiger partial charge in [0.15, 0.2) is 0 Å². The lowest BCUT2D eigenvalue weighted by Gasteiger charge is -2.12. The zero-order chi connectivity index (χ0) is 11.1. The van der Waals surface area contributed by atoms with Gasteiger partial charge in [-0.2, -0.15) is 0 Å². The van der Waals surface area contributed by atoms with Crippen LogP contribution in [0, 0.1) is 0 Å². The van der Waals surface area contributed by atoms with E-state index < -0.39 is 12.0 Å². The largest absolute Gasteiger partial charge is 0.480 e. The van der Waals surface area contributed by atoms with Crippen molar-refractivity contribution in [2.45, 2.75) is 17.9 Å². The monoisotopic (exact) mass is 225 g/mol. The van der Waals surface area contributed by atoms with Crippen molar-refractivity contribution in [1.29, 1.82) is 0 Å². The highest BCUT2D eigenvalue weighted by molar-refractivity contribution is 7.99. The molecule has 15 heavy (non-hydrogen) atoms. The van der Waals surface area contributed by atoms with Gasteiger partial charge in [0.25, 0.3) is 0 Å². The standard InChI is InChI=1S/C11H15NO2S/c1-2-12-10(11(13)14)8-15-9-6-4-3-5-7-9/h3-7,10,12H,2,8H2,1H3,(H,13,14). The van der Waals surface area contributed by atoms with Gasteiger partial charge in [0.05, 0.1) is 0 Å². The minimum atomic E-state index is -0.791. The maximum atomic E-state index is 10.8. The van der Waals surface area contributed by atoms with Gasteiger partial charge in [-0.05, 0) is 18.7 Å². The summed E-state index contributed by atoms with van der Waals surface area (Å²) in [6.45, 7) is 2.58. The van der Waals surface area contributed by atoms with Crippen LogP contribution in [0.15, 0.2) is 35.2 Å². The smallest absolute Gasteiger partial charge is 0.321 e. The third-order valence-electron chi connectivity index (χ3n) is 1.91. The molecule has 1 rings (SSSR count). The molecule has 4 heteroatoms. The molecule has 0 aliphatic rings. The first-order valence-electron chi connectivity index (χ1n) is 4.88. The minimum Gasteiger partial charge on any atom is -0.480 e. The third kappa shape index (κ3) is 4.36. The number of rotatable bonds is 6. The molecule has 2 N–H and O–H groups in total. The van der Waals surface area contributed by atoms with E-state index >= 15 is 0 Å². The number of nitrogens with one attached hydrogen (secondary N) is 1. The number of hydrogen-bond acceptors (Lipinski definition) is 3. The predicted octanol–water partition coefficient (Wildman–Crippen LogP) is 1.84. The Kier molecular flexibility index (Phi) is 5.21. The molecule has 0 aliphatic carbocycles. The number of hydrogen-bond donors (Lipinski definition) is 2. The molecule has 1 aromatic rings. The fourth-order valence-corrected chi connectivity index (χ4v) is 2.13. The molecule has 82 valence electrons. The first kappa shape index (κ1) is 12.1. The van der Waals surface area contributed by atoms with Crippen molar-refractivity contribution in [2.24, 2.45) is 0 Å². The van der Waals surface area contributed by atoms with Crippen molar-refractivity contribution in [3.8, 4) is 0 Å². The summed E-state index contributed by atoms with van der Waals surface area (Å²) in [7, 11) is 0. The van der Waals surface area contributed by atoms with Crippen LogP contribution in [0.25, 0.3) is 0 Å². The highest BCUT2D eigenvalue weighted by Gasteiger charge is 2.15. The van der Waals surface area contributed by atoms with E-state index in [0.717, 1.165) is 4.90 Å². The summed E-state index contributed by atoms with van der Waals surface area (Å²) in [4.78, 5) is 11.9. The summed E-state index contributed by atoms with van der Waals surface area (Å²) in [6, 6.07) is 9.34. The number of thioether (sulfide) groups is 1. The van der Waals surface area contributed by atoms with Gasteiger partial charge in [0.2, 0.25) is 0 Å². The van der Waals surface area contributed by atoms with Gasteiger partial charge in [-0.25, -0.2) is 0 Å². The topological polar surface area (TPSA) is 49.3 Å². The average molecular weight is 225 g/mol. The summed E-state index contributed by atoms with van der Waals surface area (Å²) in [5.74, 6) is -0.243. The molecule has 0 saturated heterocycles. The highest BCUT2D eigenvalue weighted by atomic mass is 32.2. The molecule has 1 aromatic carbocycles. The predicted molar refractivity (Wildman–Crippen MR) is 62.3 cm³/mol. The molecular weight excluding hydrogens is 210 g/mol. The van der Waals surface area contributed by atoms with Crippen molar-refractivity contribution in [3.63, 3.8) is 0 Å². The second kappa shape index (κ2) is 6.48. The Bertz CT molecular complexity index is 303. The van der Waals surface area contributed by atoms with Crippen LogP contribution in [0.2, 0.25) is 0 Å². The summed E-state index contributed by atoms with van der Waals surface area (Å²) < 4.78 is 0. The molecule has 0 heterocycles. The Morgan fingerprint density at radius 2 is 2.13 bits per heavy atom. The lowest BCUT2D eigenvalue weighted by molar-refractivity contribution is -0.138. The Labute approximate surface area is 93.9 Å². The van der Waals surface area contributed by atoms with E-state index in [4.69, 9.17) is 5.11 Å². The molecule has 0 radical (unpaired) electrons. The van der Waals surface area contributed by atoms with Gasteiger partial charge < -0.3 is 10.4 Å². The second-order valence-corrected chi connectivity index (χ2v) is 4.17. The van der Waals surface area contributed by atoms with Gasteiger partial charge in [-0.15, -0.1) is 11.8 Å². The van der Waals surface area contributed by atoms with Crippen LogP contribution in [0.5, 0.6) is 0 Å². The van der Waals surface area contributed by atoms with Crippen molar-refractivity contribution in [2.75, 3.05) is 12.3 Å². The Morgan fingerprint density at radius 1 is 1.47 bits per heavy atom. The molecule has 0 aliphatic heterocycles. The van der Waals surface area contributed by atoms with Crippen molar-refractivity contribution in [1.82, 2.24) is 5.32 Å². The molecule has 0 spiro atoms. The lowest BCUT2D eigenvalue weighted by Crippen LogP contribution is -2.38. The quantitative estimate of drug-likeness (QED) is 0.725. The summed E-state index contributed by atoms with van der Waals surface area (Å²) in [5.41, 5.74) is 0. The maximum Gasteiger partial charge on any atom is 0.321 e. The molecule has 0 aromatic heterocycles. The number of carboxylic acids is 1. The van der Waals surface area contributed by atoms with Gasteiger partial charge in [-0.1, -0.05) is 25.1 Å². The number of benzene rings is 1. The maximum absolute atomic E-state index is 10.8. The first-order valence-corrected chi connectivity index (χ1v) is 5.86. The summed E-state index contributed by atoms with van der Waals surface area (Å²) >= 11 is 1.55. The molecule has 1 atom stereocenters. The number of aliphatic carboxylic acids is 1. The van der Waals surface area contributed by atoms with Crippen LogP contribution in [-0.4, -0.2) is 29.4 Å². The van der Waals surface area contributed by atoms with E-state index in [1.165, 1.54) is 0 Å². The third-order valence-corrected chi connectivity index (χ3v) is 3.01. The van der Waals surface area contributed by atoms with Gasteiger partial charge in [0, 0.05) is 10.6 Å². The first-order chi connectivity index (χ1) is 7.24. The average Bonchev–Trinajstić information content (AvgIpc) is 2.25. The SMILES string of the molecule is CCNC(CSc1ccccc1)C(=O)O. The van der Waals surface area contributed by atoms with Crippen molar-refractivity contribution < 1.29 is 9.90 Å².